The van der Waals surface area contributed by atoms with Crippen LogP contribution in [0.4, 0.5) is 0 Å². The van der Waals surface area contributed by atoms with Crippen LogP contribution in [0.15, 0.2) is 30.3 Å². The molecule has 0 saturated heterocycles. The second-order valence-electron chi connectivity index (χ2n) is 6.60. The van der Waals surface area contributed by atoms with Gasteiger partial charge in [0.15, 0.2) is 0 Å². The Morgan fingerprint density at radius 3 is 1.76 bits per heavy atom. The van der Waals surface area contributed by atoms with Crippen molar-refractivity contribution in [1.29, 1.82) is 0 Å². The lowest BCUT2D eigenvalue weighted by Gasteiger charge is -2.37. The van der Waals surface area contributed by atoms with Crippen LogP contribution < -0.4 is 0 Å². The Balaban J connectivity index is 2.70. The molecule has 17 heavy (non-hydrogen) atoms. The van der Waals surface area contributed by atoms with Crippen LogP contribution in [0.3, 0.4) is 0 Å². The average molecular weight is 249 g/mol. The molecule has 0 unspecified atom stereocenters. The Bertz CT molecular complexity index is 318. The molecule has 0 amide bonds. The molecule has 0 fully saturated rings. The van der Waals surface area contributed by atoms with Gasteiger partial charge in [0.25, 0.3) is 0 Å². The molecule has 1 aromatic rings. The predicted molar refractivity (Wildman–Crippen MR) is 76.4 cm³/mol. The molecule has 1 rings (SSSR count). The molecule has 2 heteroatoms. The summed E-state index contributed by atoms with van der Waals surface area (Å²) in [5.41, 5.74) is 1.27. The third-order valence-corrected chi connectivity index (χ3v) is 5.75. The molecule has 0 aliphatic heterocycles. The van der Waals surface area contributed by atoms with Gasteiger partial charge < -0.3 is 4.43 Å². The highest BCUT2D eigenvalue weighted by atomic mass is 28.3. The van der Waals surface area contributed by atoms with E-state index >= 15 is 0 Å². The predicted octanol–water partition coefficient (Wildman–Crippen LogP) is 4.79. The van der Waals surface area contributed by atoms with Crippen molar-refractivity contribution in [3.63, 3.8) is 0 Å². The van der Waals surface area contributed by atoms with Crippen molar-refractivity contribution in [3.8, 4) is 0 Å². The van der Waals surface area contributed by atoms with Gasteiger partial charge in [-0.15, -0.1) is 0 Å². The quantitative estimate of drug-likeness (QED) is 0.700. The van der Waals surface area contributed by atoms with Crippen LogP contribution in [-0.4, -0.2) is 9.04 Å². The van der Waals surface area contributed by atoms with Crippen molar-refractivity contribution in [2.75, 3.05) is 0 Å². The Labute approximate surface area is 108 Å². The summed E-state index contributed by atoms with van der Waals surface area (Å²) in [6.07, 6.45) is 0. The van der Waals surface area contributed by atoms with Gasteiger partial charge in [0, 0.05) is 0 Å². The van der Waals surface area contributed by atoms with E-state index in [1.54, 1.807) is 0 Å². The first-order valence-electron chi connectivity index (χ1n) is 6.26. The first-order valence-corrected chi connectivity index (χ1v) is 7.67. The van der Waals surface area contributed by atoms with Crippen LogP contribution >= 0.6 is 0 Å². The molecule has 0 aliphatic rings. The minimum atomic E-state index is -0.873. The molecule has 0 heterocycles. The fourth-order valence-electron chi connectivity index (χ4n) is 2.29. The lowest BCUT2D eigenvalue weighted by atomic mass is 10.2. The molecule has 0 saturated carbocycles. The summed E-state index contributed by atoms with van der Waals surface area (Å²) in [6.45, 7) is 14.5. The first kappa shape index (κ1) is 14.5. The van der Waals surface area contributed by atoms with Crippen LogP contribution in [-0.2, 0) is 11.0 Å². The lowest BCUT2D eigenvalue weighted by Crippen LogP contribution is -2.38. The van der Waals surface area contributed by atoms with E-state index in [1.807, 2.05) is 6.07 Å². The molecule has 0 atom stereocenters. The van der Waals surface area contributed by atoms with E-state index in [0.717, 1.165) is 6.61 Å². The summed E-state index contributed by atoms with van der Waals surface area (Å²) in [6, 6.07) is 10.4. The van der Waals surface area contributed by atoms with E-state index in [1.165, 1.54) is 5.56 Å². The van der Waals surface area contributed by atoms with Crippen molar-refractivity contribution >= 4 is 9.04 Å². The first-order chi connectivity index (χ1) is 7.71. The maximum atomic E-state index is 6.26. The summed E-state index contributed by atoms with van der Waals surface area (Å²) in [5.74, 6) is 0. The molecule has 0 N–H and O–H groups in total. The van der Waals surface area contributed by atoms with Crippen LogP contribution in [0.2, 0.25) is 10.1 Å². The zero-order chi connectivity index (χ0) is 13.1. The summed E-state index contributed by atoms with van der Waals surface area (Å²) in [4.78, 5) is 0. The Hall–Kier alpha value is -0.603. The van der Waals surface area contributed by atoms with E-state index in [0.29, 0.717) is 0 Å². The maximum Gasteiger partial charge on any atom is 0.223 e. The normalized spacial score (nSPS) is 13.1. The van der Waals surface area contributed by atoms with Gasteiger partial charge in [0.05, 0.1) is 6.61 Å². The van der Waals surface area contributed by atoms with Crippen LogP contribution in [0.1, 0.15) is 47.1 Å². The van der Waals surface area contributed by atoms with Crippen molar-refractivity contribution in [1.82, 2.24) is 0 Å². The van der Waals surface area contributed by atoms with E-state index in [-0.39, 0.29) is 10.1 Å². The molecule has 0 aliphatic carbocycles. The highest BCUT2D eigenvalue weighted by molar-refractivity contribution is 6.58. The number of rotatable bonds is 3. The third kappa shape index (κ3) is 4.64. The SMILES string of the molecule is CC(C)(C)[Si](OCc1ccccc1)C(C)(C)C. The molecular formula is C15H25OSi. The molecule has 0 aromatic heterocycles. The maximum absolute atomic E-state index is 6.26. The Morgan fingerprint density at radius 2 is 1.35 bits per heavy atom. The van der Waals surface area contributed by atoms with Crippen LogP contribution in [0.25, 0.3) is 0 Å². The number of hydrogen-bond donors (Lipinski definition) is 0. The van der Waals surface area contributed by atoms with Gasteiger partial charge in [-0.3, -0.25) is 0 Å². The van der Waals surface area contributed by atoms with Gasteiger partial charge in [-0.05, 0) is 15.6 Å². The van der Waals surface area contributed by atoms with Gasteiger partial charge in [-0.25, -0.2) is 0 Å². The zero-order valence-corrected chi connectivity index (χ0v) is 13.0. The Morgan fingerprint density at radius 1 is 0.882 bits per heavy atom. The number of hydrogen-bond acceptors (Lipinski definition) is 1. The largest absolute Gasteiger partial charge is 0.411 e. The van der Waals surface area contributed by atoms with Gasteiger partial charge in [0.2, 0.25) is 9.04 Å². The smallest absolute Gasteiger partial charge is 0.223 e. The molecular weight excluding hydrogens is 224 g/mol. The molecule has 95 valence electrons. The monoisotopic (exact) mass is 249 g/mol. The second-order valence-corrected chi connectivity index (χ2v) is 10.6. The molecule has 1 aromatic carbocycles. The van der Waals surface area contributed by atoms with E-state index in [2.05, 4.69) is 65.8 Å². The van der Waals surface area contributed by atoms with Crippen LogP contribution in [0.5, 0.6) is 0 Å². The van der Waals surface area contributed by atoms with Gasteiger partial charge >= 0.3 is 0 Å². The van der Waals surface area contributed by atoms with Gasteiger partial charge in [-0.2, -0.15) is 0 Å². The molecule has 1 radical (unpaired) electrons. The fourth-order valence-corrected chi connectivity index (χ4v) is 5.71. The van der Waals surface area contributed by atoms with Crippen molar-refractivity contribution in [2.45, 2.75) is 58.2 Å². The summed E-state index contributed by atoms with van der Waals surface area (Å²) in [5, 5.41) is 0.523. The highest BCUT2D eigenvalue weighted by Gasteiger charge is 2.39. The third-order valence-electron chi connectivity index (χ3n) is 2.59. The molecule has 0 spiro atoms. The fraction of sp³-hybridized carbons (Fsp3) is 0.600. The van der Waals surface area contributed by atoms with Crippen molar-refractivity contribution in [2.24, 2.45) is 0 Å². The lowest BCUT2D eigenvalue weighted by molar-refractivity contribution is 0.271. The van der Waals surface area contributed by atoms with Crippen LogP contribution in [0, 0.1) is 0 Å². The van der Waals surface area contributed by atoms with E-state index in [4.69, 9.17) is 4.43 Å². The molecule has 0 bridgehead atoms. The van der Waals surface area contributed by atoms with E-state index < -0.39 is 9.04 Å². The minimum Gasteiger partial charge on any atom is -0.411 e. The molecule has 1 nitrogen and oxygen atoms in total. The summed E-state index contributed by atoms with van der Waals surface area (Å²) in [7, 11) is -0.873. The van der Waals surface area contributed by atoms with E-state index in [9.17, 15) is 0 Å². The average Bonchev–Trinajstić information content (AvgIpc) is 2.15. The second kappa shape index (κ2) is 5.36. The minimum absolute atomic E-state index is 0.262. The standard InChI is InChI=1S/C15H25OSi/c1-14(2,3)17(15(4,5)6)16-12-13-10-8-7-9-11-13/h7-11H,12H2,1-6H3. The van der Waals surface area contributed by atoms with Gasteiger partial charge in [-0.1, -0.05) is 71.9 Å². The topological polar surface area (TPSA) is 9.23 Å². The number of benzene rings is 1. The van der Waals surface area contributed by atoms with Crippen molar-refractivity contribution < 1.29 is 4.43 Å². The zero-order valence-electron chi connectivity index (χ0n) is 12.0. The highest BCUT2D eigenvalue weighted by Crippen LogP contribution is 2.42. The van der Waals surface area contributed by atoms with Crippen molar-refractivity contribution in [3.05, 3.63) is 35.9 Å². The van der Waals surface area contributed by atoms with Gasteiger partial charge in [0.1, 0.15) is 0 Å². The summed E-state index contributed by atoms with van der Waals surface area (Å²) < 4.78 is 6.26. The summed E-state index contributed by atoms with van der Waals surface area (Å²) >= 11 is 0. The Kier molecular flexibility index (Phi) is 4.56.